The van der Waals surface area contributed by atoms with Crippen LogP contribution >= 0.6 is 0 Å². The summed E-state index contributed by atoms with van der Waals surface area (Å²) in [5.41, 5.74) is 0.792. The van der Waals surface area contributed by atoms with Gasteiger partial charge >= 0.3 is 5.97 Å². The third kappa shape index (κ3) is 6.92. The number of aliphatic imine (C=N–C) groups is 1. The summed E-state index contributed by atoms with van der Waals surface area (Å²) in [6.45, 7) is 11.2. The van der Waals surface area contributed by atoms with Crippen molar-refractivity contribution in [2.45, 2.75) is 13.8 Å². The van der Waals surface area contributed by atoms with Gasteiger partial charge in [-0.25, -0.2) is 0 Å². The van der Waals surface area contributed by atoms with Crippen molar-refractivity contribution in [1.82, 2.24) is 19.9 Å². The average molecular weight is 351 g/mol. The highest BCUT2D eigenvalue weighted by Gasteiger charge is 2.21. The highest BCUT2D eigenvalue weighted by Crippen LogP contribution is 2.07. The zero-order chi connectivity index (χ0) is 18.8. The number of hydrogen-bond acceptors (Lipinski definition) is 5. The normalized spacial score (nSPS) is 16.6. The van der Waals surface area contributed by atoms with Crippen LogP contribution in [0.4, 0.5) is 0 Å². The summed E-state index contributed by atoms with van der Waals surface area (Å²) in [6, 6.07) is 0. The van der Waals surface area contributed by atoms with E-state index in [1.165, 1.54) is 0 Å². The van der Waals surface area contributed by atoms with Gasteiger partial charge in [0, 0.05) is 46.8 Å². The van der Waals surface area contributed by atoms with Crippen LogP contribution in [0.3, 0.4) is 0 Å². The largest absolute Gasteiger partial charge is 0.480 e. The molecule has 0 radical (unpaired) electrons. The molecule has 1 aliphatic heterocycles. The Morgan fingerprint density at radius 3 is 2.44 bits per heavy atom. The number of hydrazine groups is 1. The van der Waals surface area contributed by atoms with E-state index in [1.807, 2.05) is 42.8 Å². The lowest BCUT2D eigenvalue weighted by Gasteiger charge is -2.34. The lowest BCUT2D eigenvalue weighted by molar-refractivity contribution is -0.138. The van der Waals surface area contributed by atoms with Crippen LogP contribution in [0.2, 0.25) is 0 Å². The van der Waals surface area contributed by atoms with Crippen molar-refractivity contribution >= 4 is 11.9 Å². The number of guanidine groups is 1. The molecule has 1 aliphatic rings. The van der Waals surface area contributed by atoms with Crippen molar-refractivity contribution in [3.63, 3.8) is 0 Å². The molecule has 0 aromatic heterocycles. The highest BCUT2D eigenvalue weighted by molar-refractivity contribution is 5.80. The molecule has 0 bridgehead atoms. The highest BCUT2D eigenvalue weighted by atomic mass is 16.4. The van der Waals surface area contributed by atoms with Crippen LogP contribution < -0.4 is 0 Å². The molecule has 25 heavy (non-hydrogen) atoms. The van der Waals surface area contributed by atoms with E-state index in [0.717, 1.165) is 5.70 Å². The topological polar surface area (TPSA) is 87.3 Å². The monoisotopic (exact) mass is 351 g/mol. The summed E-state index contributed by atoms with van der Waals surface area (Å²) in [4.78, 5) is 19.1. The Labute approximate surface area is 149 Å². The molecule has 0 unspecified atom stereocenters. The molecule has 1 N–H and O–H groups in total. The molecule has 0 saturated carbocycles. The number of likely N-dealkylation sites (N-methyl/N-ethyl adjacent to an activating group) is 1. The summed E-state index contributed by atoms with van der Waals surface area (Å²) in [7, 11) is 3.63. The van der Waals surface area contributed by atoms with Crippen LogP contribution in [0.25, 0.3) is 0 Å². The van der Waals surface area contributed by atoms with Crippen LogP contribution in [-0.4, -0.2) is 90.3 Å². The Hall–Kier alpha value is -2.42. The average Bonchev–Trinajstić information content (AvgIpc) is 2.58. The fourth-order valence-electron chi connectivity index (χ4n) is 2.28. The molecule has 0 aliphatic carbocycles. The lowest BCUT2D eigenvalue weighted by atomic mass is 10.3. The number of aliphatic carboxylic acids is 1. The predicted octanol–water partition coefficient (Wildman–Crippen LogP) is 1.30. The smallest absolute Gasteiger partial charge is 0.317 e. The van der Waals surface area contributed by atoms with Gasteiger partial charge in [-0.15, -0.1) is 0 Å². The molecule has 140 valence electrons. The molecule has 0 aromatic rings. The minimum Gasteiger partial charge on any atom is -0.480 e. The number of carboxylic acid groups (broad SMARTS) is 1. The van der Waals surface area contributed by atoms with Gasteiger partial charge in [0.2, 0.25) is 5.96 Å². The lowest BCUT2D eigenvalue weighted by Crippen LogP contribution is -2.49. The van der Waals surface area contributed by atoms with Gasteiger partial charge in [0.1, 0.15) is 0 Å². The molecule has 9 nitrogen and oxygen atoms in total. The molecule has 0 atom stereocenters. The molecular formula is C16H29N7O2. The maximum atomic E-state index is 10.8. The van der Waals surface area contributed by atoms with Gasteiger partial charge in [-0.3, -0.25) is 19.7 Å². The van der Waals surface area contributed by atoms with Crippen molar-refractivity contribution in [3.8, 4) is 0 Å². The number of piperazine rings is 1. The summed E-state index contributed by atoms with van der Waals surface area (Å²) in [6.07, 6.45) is 3.79. The maximum Gasteiger partial charge on any atom is 0.317 e. The zero-order valence-corrected chi connectivity index (χ0v) is 15.6. The second-order valence-electron chi connectivity index (χ2n) is 5.63. The van der Waals surface area contributed by atoms with Crippen LogP contribution in [0.15, 0.2) is 39.8 Å². The first-order valence-electron chi connectivity index (χ1n) is 8.33. The fourth-order valence-corrected chi connectivity index (χ4v) is 2.28. The Kier molecular flexibility index (Phi) is 8.62. The van der Waals surface area contributed by atoms with Gasteiger partial charge in [-0.05, 0) is 25.1 Å². The van der Waals surface area contributed by atoms with Crippen molar-refractivity contribution in [3.05, 3.63) is 24.4 Å². The molecule has 9 heteroatoms. The molecule has 0 amide bonds. The van der Waals surface area contributed by atoms with Gasteiger partial charge in [0.05, 0.1) is 12.2 Å². The first-order chi connectivity index (χ1) is 11.9. The van der Waals surface area contributed by atoms with Crippen LogP contribution in [-0.2, 0) is 4.79 Å². The van der Waals surface area contributed by atoms with Crippen LogP contribution in [0.1, 0.15) is 13.8 Å². The molecule has 1 rings (SSSR count). The van der Waals surface area contributed by atoms with Gasteiger partial charge in [-0.2, -0.15) is 5.12 Å². The van der Waals surface area contributed by atoms with Crippen LogP contribution in [0.5, 0.6) is 0 Å². The van der Waals surface area contributed by atoms with Crippen molar-refractivity contribution in [2.24, 2.45) is 15.3 Å². The zero-order valence-electron chi connectivity index (χ0n) is 15.6. The molecule has 1 fully saturated rings. The summed E-state index contributed by atoms with van der Waals surface area (Å²) >= 11 is 0. The minimum absolute atomic E-state index is 0.0657. The van der Waals surface area contributed by atoms with E-state index in [4.69, 9.17) is 5.11 Å². The molecule has 1 saturated heterocycles. The third-order valence-electron chi connectivity index (χ3n) is 3.79. The van der Waals surface area contributed by atoms with Gasteiger partial charge < -0.3 is 10.0 Å². The summed E-state index contributed by atoms with van der Waals surface area (Å²) in [5, 5.41) is 20.7. The van der Waals surface area contributed by atoms with E-state index in [9.17, 15) is 4.79 Å². The fraction of sp³-hybridized carbons (Fsp3) is 0.625. The SMILES string of the molecule is C=C(/C=C\C)N(C)N(C)N=NC(=NCC)N1CCN(CC(=O)O)CC1. The van der Waals surface area contributed by atoms with Gasteiger partial charge in [0.15, 0.2) is 0 Å². The van der Waals surface area contributed by atoms with Crippen molar-refractivity contribution in [1.29, 1.82) is 0 Å². The summed E-state index contributed by atoms with van der Waals surface area (Å²) in [5.74, 6) is -0.240. The van der Waals surface area contributed by atoms with E-state index in [-0.39, 0.29) is 6.54 Å². The van der Waals surface area contributed by atoms with E-state index in [2.05, 4.69) is 21.9 Å². The molecule has 1 heterocycles. The van der Waals surface area contributed by atoms with Crippen molar-refractivity contribution in [2.75, 3.05) is 53.4 Å². The number of carboxylic acids is 1. The Morgan fingerprint density at radius 1 is 1.28 bits per heavy atom. The number of hydrogen-bond donors (Lipinski definition) is 1. The second-order valence-corrected chi connectivity index (χ2v) is 5.63. The summed E-state index contributed by atoms with van der Waals surface area (Å²) < 4.78 is 0. The van der Waals surface area contributed by atoms with Gasteiger partial charge in [0.25, 0.3) is 0 Å². The minimum atomic E-state index is -0.804. The number of nitrogens with zero attached hydrogens (tertiary/aromatic N) is 7. The Bertz CT molecular complexity index is 537. The van der Waals surface area contributed by atoms with Crippen molar-refractivity contribution < 1.29 is 9.90 Å². The van der Waals surface area contributed by atoms with E-state index in [0.29, 0.717) is 38.7 Å². The Balaban J connectivity index is 2.67. The standard InChI is InChI=1S/C16H29N7O2/c1-6-8-14(3)20(4)21(5)19-18-16(17-7-2)23-11-9-22(10-12-23)13-15(24)25/h6,8H,3,7,9-13H2,1-2,4-5H3,(H,24,25)/b8-6-,17-16?,19-18?. The third-order valence-corrected chi connectivity index (χ3v) is 3.79. The van der Waals surface area contributed by atoms with E-state index in [1.54, 1.807) is 17.2 Å². The molecule has 0 aromatic carbocycles. The van der Waals surface area contributed by atoms with E-state index >= 15 is 0 Å². The first kappa shape index (κ1) is 20.6. The maximum absolute atomic E-state index is 10.8. The predicted molar refractivity (Wildman–Crippen MR) is 98.0 cm³/mol. The number of allylic oxidation sites excluding steroid dienone is 2. The number of rotatable bonds is 7. The Morgan fingerprint density at radius 2 is 1.92 bits per heavy atom. The first-order valence-corrected chi connectivity index (χ1v) is 8.33. The molecule has 0 spiro atoms. The second kappa shape index (κ2) is 10.4. The quantitative estimate of drug-likeness (QED) is 0.245. The van der Waals surface area contributed by atoms with Gasteiger partial charge in [-0.1, -0.05) is 17.8 Å². The van der Waals surface area contributed by atoms with E-state index < -0.39 is 5.97 Å². The number of carbonyl (C=O) groups is 1. The molecular weight excluding hydrogens is 322 g/mol. The van der Waals surface area contributed by atoms with Crippen LogP contribution in [0, 0.1) is 0 Å².